The molecule has 2 N–H and O–H groups in total. The molecule has 0 aliphatic rings. The van der Waals surface area contributed by atoms with Crippen LogP contribution in [0, 0.1) is 5.82 Å². The first-order valence-electron chi connectivity index (χ1n) is 8.62. The molecule has 0 spiro atoms. The lowest BCUT2D eigenvalue weighted by atomic mass is 10.4. The Labute approximate surface area is 164 Å². The fourth-order valence-corrected chi connectivity index (χ4v) is 4.30. The van der Waals surface area contributed by atoms with Gasteiger partial charge in [-0.3, -0.25) is 4.99 Å². The van der Waals surface area contributed by atoms with Gasteiger partial charge in [0.25, 0.3) is 0 Å². The topological polar surface area (TPSA) is 70.6 Å². The predicted molar refractivity (Wildman–Crippen MR) is 110 cm³/mol. The average molecular weight is 410 g/mol. The zero-order valence-corrected chi connectivity index (χ0v) is 16.8. The number of hydrogen-bond donors (Lipinski definition) is 2. The second-order valence-corrected chi connectivity index (χ2v) is 8.99. The zero-order chi connectivity index (χ0) is 19.5. The monoisotopic (exact) mass is 409 g/mol. The highest BCUT2D eigenvalue weighted by Gasteiger charge is 2.13. The van der Waals surface area contributed by atoms with Gasteiger partial charge in [-0.25, -0.2) is 12.8 Å². The molecule has 0 amide bonds. The van der Waals surface area contributed by atoms with Crippen LogP contribution in [0.1, 0.15) is 6.42 Å². The van der Waals surface area contributed by atoms with Gasteiger partial charge in [0.1, 0.15) is 5.82 Å². The minimum atomic E-state index is -3.30. The van der Waals surface area contributed by atoms with Crippen LogP contribution in [0.25, 0.3) is 0 Å². The molecule has 0 unspecified atom stereocenters. The minimum absolute atomic E-state index is 0.00185. The lowest BCUT2D eigenvalue weighted by molar-refractivity contribution is 0.594. The molecule has 0 heterocycles. The highest BCUT2D eigenvalue weighted by molar-refractivity contribution is 7.99. The number of hydrogen-bond acceptors (Lipinski definition) is 4. The number of guanidine groups is 1. The summed E-state index contributed by atoms with van der Waals surface area (Å²) in [4.78, 5) is 5.46. The third-order valence-electron chi connectivity index (χ3n) is 3.69. The van der Waals surface area contributed by atoms with Gasteiger partial charge in [0.05, 0.1) is 10.6 Å². The smallest absolute Gasteiger partial charge is 0.191 e. The average Bonchev–Trinajstić information content (AvgIpc) is 2.68. The van der Waals surface area contributed by atoms with Gasteiger partial charge in [-0.1, -0.05) is 18.2 Å². The standard InChI is InChI=1S/C19H24FN3O2S2/c1-21-19(22-12-5-14-26-17-10-8-16(20)9-11-17)23-13-15-27(24,25)18-6-3-2-4-7-18/h2-4,6-11H,5,12-15H2,1H3,(H2,21,22,23). The van der Waals surface area contributed by atoms with E-state index in [9.17, 15) is 12.8 Å². The van der Waals surface area contributed by atoms with Gasteiger partial charge in [-0.2, -0.15) is 0 Å². The molecular weight excluding hydrogens is 385 g/mol. The van der Waals surface area contributed by atoms with E-state index in [0.717, 1.165) is 17.1 Å². The summed E-state index contributed by atoms with van der Waals surface area (Å²) in [7, 11) is -1.66. The highest BCUT2D eigenvalue weighted by atomic mass is 32.2. The van der Waals surface area contributed by atoms with Gasteiger partial charge in [0, 0.05) is 25.0 Å². The third kappa shape index (κ3) is 7.60. The quantitative estimate of drug-likeness (QED) is 0.288. The number of nitrogens with zero attached hydrogens (tertiary/aromatic N) is 1. The summed E-state index contributed by atoms with van der Waals surface area (Å²) < 4.78 is 37.3. The fourth-order valence-electron chi connectivity index (χ4n) is 2.27. The molecule has 0 atom stereocenters. The Kier molecular flexibility index (Phi) is 8.60. The SMILES string of the molecule is CN=C(NCCCSc1ccc(F)cc1)NCCS(=O)(=O)c1ccccc1. The Balaban J connectivity index is 1.65. The van der Waals surface area contributed by atoms with E-state index in [-0.39, 0.29) is 18.1 Å². The minimum Gasteiger partial charge on any atom is -0.356 e. The van der Waals surface area contributed by atoms with Crippen molar-refractivity contribution < 1.29 is 12.8 Å². The molecule has 2 rings (SSSR count). The van der Waals surface area contributed by atoms with E-state index in [1.807, 2.05) is 0 Å². The molecule has 146 valence electrons. The Hall–Kier alpha value is -2.06. The van der Waals surface area contributed by atoms with Crippen molar-refractivity contribution >= 4 is 27.6 Å². The van der Waals surface area contributed by atoms with Crippen molar-refractivity contribution in [1.82, 2.24) is 10.6 Å². The molecule has 0 bridgehead atoms. The molecule has 2 aromatic rings. The van der Waals surface area contributed by atoms with Crippen LogP contribution in [-0.2, 0) is 9.84 Å². The maximum absolute atomic E-state index is 12.9. The predicted octanol–water partition coefficient (Wildman–Crippen LogP) is 2.95. The molecule has 0 saturated heterocycles. The molecule has 0 aliphatic carbocycles. The molecule has 27 heavy (non-hydrogen) atoms. The van der Waals surface area contributed by atoms with Gasteiger partial charge in [-0.15, -0.1) is 11.8 Å². The van der Waals surface area contributed by atoms with Crippen molar-refractivity contribution in [2.24, 2.45) is 4.99 Å². The Morgan fingerprint density at radius 1 is 1.04 bits per heavy atom. The van der Waals surface area contributed by atoms with E-state index in [1.165, 1.54) is 12.1 Å². The van der Waals surface area contributed by atoms with Crippen molar-refractivity contribution in [2.75, 3.05) is 31.6 Å². The zero-order valence-electron chi connectivity index (χ0n) is 15.2. The fraction of sp³-hybridized carbons (Fsp3) is 0.316. The van der Waals surface area contributed by atoms with Gasteiger partial charge in [-0.05, 0) is 48.6 Å². The maximum atomic E-state index is 12.9. The Morgan fingerprint density at radius 3 is 2.37 bits per heavy atom. The molecule has 0 aromatic heterocycles. The third-order valence-corrected chi connectivity index (χ3v) is 6.52. The Morgan fingerprint density at radius 2 is 1.70 bits per heavy atom. The second-order valence-electron chi connectivity index (χ2n) is 5.71. The van der Waals surface area contributed by atoms with Gasteiger partial charge in [0.2, 0.25) is 0 Å². The van der Waals surface area contributed by atoms with Crippen molar-refractivity contribution in [3.05, 3.63) is 60.4 Å². The molecule has 0 saturated carbocycles. The number of sulfone groups is 1. The Bertz CT molecular complexity index is 826. The van der Waals surface area contributed by atoms with E-state index in [0.29, 0.717) is 17.4 Å². The second kappa shape index (κ2) is 10.9. The van der Waals surface area contributed by atoms with Crippen LogP contribution in [0.2, 0.25) is 0 Å². The van der Waals surface area contributed by atoms with Crippen LogP contribution in [0.3, 0.4) is 0 Å². The largest absolute Gasteiger partial charge is 0.356 e. The van der Waals surface area contributed by atoms with Crippen molar-refractivity contribution in [2.45, 2.75) is 16.2 Å². The molecule has 8 heteroatoms. The summed E-state index contributed by atoms with van der Waals surface area (Å²) in [5.41, 5.74) is 0. The van der Waals surface area contributed by atoms with Crippen LogP contribution in [0.15, 0.2) is 69.4 Å². The summed E-state index contributed by atoms with van der Waals surface area (Å²) in [6, 6.07) is 14.9. The number of rotatable bonds is 9. The van der Waals surface area contributed by atoms with Crippen molar-refractivity contribution in [1.29, 1.82) is 0 Å². The van der Waals surface area contributed by atoms with E-state index in [2.05, 4.69) is 15.6 Å². The van der Waals surface area contributed by atoms with Crippen LogP contribution in [0.5, 0.6) is 0 Å². The summed E-state index contributed by atoms with van der Waals surface area (Å²) in [5.74, 6) is 1.23. The van der Waals surface area contributed by atoms with Crippen LogP contribution in [0.4, 0.5) is 4.39 Å². The molecule has 0 fully saturated rings. The van der Waals surface area contributed by atoms with Crippen LogP contribution < -0.4 is 10.6 Å². The maximum Gasteiger partial charge on any atom is 0.191 e. The molecular formula is C19H24FN3O2S2. The van der Waals surface area contributed by atoms with Crippen molar-refractivity contribution in [3.63, 3.8) is 0 Å². The summed E-state index contributed by atoms with van der Waals surface area (Å²) in [6.45, 7) is 0.987. The summed E-state index contributed by atoms with van der Waals surface area (Å²) in [6.07, 6.45) is 0.894. The highest BCUT2D eigenvalue weighted by Crippen LogP contribution is 2.18. The summed E-state index contributed by atoms with van der Waals surface area (Å²) in [5, 5.41) is 6.18. The number of benzene rings is 2. The van der Waals surface area contributed by atoms with Crippen LogP contribution >= 0.6 is 11.8 Å². The van der Waals surface area contributed by atoms with E-state index in [1.54, 1.807) is 61.3 Å². The summed E-state index contributed by atoms with van der Waals surface area (Å²) >= 11 is 1.66. The lowest BCUT2D eigenvalue weighted by Gasteiger charge is -2.12. The number of nitrogens with one attached hydrogen (secondary N) is 2. The van der Waals surface area contributed by atoms with Gasteiger partial charge < -0.3 is 10.6 Å². The normalized spacial score (nSPS) is 12.0. The first-order valence-corrected chi connectivity index (χ1v) is 11.3. The van der Waals surface area contributed by atoms with Crippen molar-refractivity contribution in [3.8, 4) is 0 Å². The number of aliphatic imine (C=N–C) groups is 1. The van der Waals surface area contributed by atoms with Crippen LogP contribution in [-0.4, -0.2) is 46.0 Å². The van der Waals surface area contributed by atoms with E-state index in [4.69, 9.17) is 0 Å². The molecule has 0 radical (unpaired) electrons. The molecule has 5 nitrogen and oxygen atoms in total. The first kappa shape index (κ1) is 21.2. The van der Waals surface area contributed by atoms with Gasteiger partial charge in [0.15, 0.2) is 15.8 Å². The first-order chi connectivity index (χ1) is 13.0. The number of halogens is 1. The van der Waals surface area contributed by atoms with E-state index >= 15 is 0 Å². The van der Waals surface area contributed by atoms with Gasteiger partial charge >= 0.3 is 0 Å². The van der Waals surface area contributed by atoms with E-state index < -0.39 is 9.84 Å². The number of thioether (sulfide) groups is 1. The molecule has 2 aromatic carbocycles. The lowest BCUT2D eigenvalue weighted by Crippen LogP contribution is -2.40. The molecule has 0 aliphatic heterocycles.